The van der Waals surface area contributed by atoms with E-state index in [0.29, 0.717) is 0 Å². The molecule has 0 aliphatic heterocycles. The second kappa shape index (κ2) is 3.11. The van der Waals surface area contributed by atoms with Crippen molar-refractivity contribution >= 4 is 0 Å². The Morgan fingerprint density at radius 3 is 2.25 bits per heavy atom. The van der Waals surface area contributed by atoms with Gasteiger partial charge >= 0.3 is 0 Å². The van der Waals surface area contributed by atoms with Crippen molar-refractivity contribution in [1.82, 2.24) is 0 Å². The van der Waals surface area contributed by atoms with E-state index < -0.39 is 5.60 Å². The lowest BCUT2D eigenvalue weighted by molar-refractivity contribution is 0.0981. The molecule has 1 atom stereocenters. The molecule has 1 N–H and O–H groups in total. The number of benzene rings is 1. The quantitative estimate of drug-likeness (QED) is 0.662. The van der Waals surface area contributed by atoms with Gasteiger partial charge in [0.15, 0.2) is 0 Å². The molecule has 0 heterocycles. The minimum absolute atomic E-state index is 0.758. The second-order valence-corrected chi connectivity index (χ2v) is 3.22. The van der Waals surface area contributed by atoms with Gasteiger partial charge < -0.3 is 5.11 Å². The van der Waals surface area contributed by atoms with Gasteiger partial charge in [-0.2, -0.15) is 0 Å². The SMILES string of the molecule is C=C(C)C(C)(O)c1ccccc1. The van der Waals surface area contributed by atoms with E-state index in [1.54, 1.807) is 6.92 Å². The number of rotatable bonds is 2. The average molecular weight is 162 g/mol. The highest BCUT2D eigenvalue weighted by molar-refractivity contribution is 5.29. The fourth-order valence-corrected chi connectivity index (χ4v) is 1.01. The summed E-state index contributed by atoms with van der Waals surface area (Å²) in [7, 11) is 0. The third-order valence-electron chi connectivity index (χ3n) is 2.17. The zero-order chi connectivity index (χ0) is 9.19. The maximum absolute atomic E-state index is 9.96. The van der Waals surface area contributed by atoms with Crippen LogP contribution >= 0.6 is 0 Å². The van der Waals surface area contributed by atoms with Crippen LogP contribution in [0.3, 0.4) is 0 Å². The number of hydrogen-bond acceptors (Lipinski definition) is 1. The lowest BCUT2D eigenvalue weighted by Gasteiger charge is -2.23. The molecule has 0 aliphatic carbocycles. The van der Waals surface area contributed by atoms with E-state index >= 15 is 0 Å². The van der Waals surface area contributed by atoms with Gasteiger partial charge in [-0.1, -0.05) is 36.9 Å². The summed E-state index contributed by atoms with van der Waals surface area (Å²) >= 11 is 0. The van der Waals surface area contributed by atoms with Gasteiger partial charge in [-0.15, -0.1) is 0 Å². The van der Waals surface area contributed by atoms with Crippen LogP contribution < -0.4 is 0 Å². The van der Waals surface area contributed by atoms with Crippen molar-refractivity contribution in [3.05, 3.63) is 48.0 Å². The van der Waals surface area contributed by atoms with Crippen molar-refractivity contribution < 1.29 is 5.11 Å². The first-order valence-electron chi connectivity index (χ1n) is 3.99. The predicted octanol–water partition coefficient (Wildman–Crippen LogP) is 2.47. The summed E-state index contributed by atoms with van der Waals surface area (Å²) in [5, 5.41) is 9.96. The molecule has 0 saturated heterocycles. The largest absolute Gasteiger partial charge is 0.381 e. The third kappa shape index (κ3) is 1.56. The summed E-state index contributed by atoms with van der Waals surface area (Å²) in [6, 6.07) is 9.54. The van der Waals surface area contributed by atoms with Crippen molar-refractivity contribution in [1.29, 1.82) is 0 Å². The molecule has 64 valence electrons. The first kappa shape index (κ1) is 9.01. The van der Waals surface area contributed by atoms with Crippen molar-refractivity contribution in [2.75, 3.05) is 0 Å². The average Bonchev–Trinajstić information content (AvgIpc) is 2.06. The predicted molar refractivity (Wildman–Crippen MR) is 50.8 cm³/mol. The standard InChI is InChI=1S/C11H14O/c1-9(2)11(3,12)10-7-5-4-6-8-10/h4-8,12H,1H2,2-3H3. The summed E-state index contributed by atoms with van der Waals surface area (Å²) < 4.78 is 0. The Balaban J connectivity index is 3.06. The normalized spacial score (nSPS) is 15.2. The lowest BCUT2D eigenvalue weighted by Crippen LogP contribution is -2.21. The summed E-state index contributed by atoms with van der Waals surface area (Å²) in [6.45, 7) is 7.33. The molecule has 0 aliphatic rings. The minimum Gasteiger partial charge on any atom is -0.381 e. The molecule has 0 bridgehead atoms. The van der Waals surface area contributed by atoms with Crippen LogP contribution in [0.15, 0.2) is 42.5 Å². The zero-order valence-corrected chi connectivity index (χ0v) is 7.54. The molecule has 0 radical (unpaired) electrons. The van der Waals surface area contributed by atoms with Gasteiger partial charge in [-0.05, 0) is 25.0 Å². The maximum Gasteiger partial charge on any atom is 0.107 e. The van der Waals surface area contributed by atoms with Gasteiger partial charge in [-0.25, -0.2) is 0 Å². The molecule has 1 aromatic carbocycles. The highest BCUT2D eigenvalue weighted by Crippen LogP contribution is 2.26. The summed E-state index contributed by atoms with van der Waals surface area (Å²) in [6.07, 6.45) is 0. The van der Waals surface area contributed by atoms with Gasteiger partial charge in [0.2, 0.25) is 0 Å². The molecular formula is C11H14O. The highest BCUT2D eigenvalue weighted by Gasteiger charge is 2.22. The monoisotopic (exact) mass is 162 g/mol. The van der Waals surface area contributed by atoms with Crippen LogP contribution in [0.25, 0.3) is 0 Å². The Morgan fingerprint density at radius 1 is 1.33 bits per heavy atom. The molecule has 1 rings (SSSR count). The molecule has 0 spiro atoms. The first-order valence-corrected chi connectivity index (χ1v) is 3.99. The van der Waals surface area contributed by atoms with Crippen LogP contribution in [0.1, 0.15) is 19.4 Å². The minimum atomic E-state index is -0.902. The second-order valence-electron chi connectivity index (χ2n) is 3.22. The Bertz CT molecular complexity index is 272. The fourth-order valence-electron chi connectivity index (χ4n) is 1.01. The van der Waals surface area contributed by atoms with Crippen LogP contribution in [0, 0.1) is 0 Å². The first-order chi connectivity index (χ1) is 5.55. The molecule has 0 saturated carbocycles. The van der Waals surface area contributed by atoms with Crippen molar-refractivity contribution in [2.24, 2.45) is 0 Å². The third-order valence-corrected chi connectivity index (χ3v) is 2.17. The van der Waals surface area contributed by atoms with E-state index in [1.807, 2.05) is 37.3 Å². The topological polar surface area (TPSA) is 20.2 Å². The Kier molecular flexibility index (Phi) is 2.34. The van der Waals surface area contributed by atoms with Crippen LogP contribution in [0.2, 0.25) is 0 Å². The van der Waals surface area contributed by atoms with Crippen molar-refractivity contribution in [2.45, 2.75) is 19.4 Å². The van der Waals surface area contributed by atoms with E-state index in [2.05, 4.69) is 6.58 Å². The Labute approximate surface area is 73.4 Å². The molecule has 1 heteroatoms. The van der Waals surface area contributed by atoms with Gasteiger partial charge in [0, 0.05) is 0 Å². The molecule has 1 unspecified atom stereocenters. The smallest absolute Gasteiger partial charge is 0.107 e. The Morgan fingerprint density at radius 2 is 1.83 bits per heavy atom. The van der Waals surface area contributed by atoms with Crippen LogP contribution in [0.5, 0.6) is 0 Å². The molecule has 0 aromatic heterocycles. The van der Waals surface area contributed by atoms with Gasteiger partial charge in [0.1, 0.15) is 5.60 Å². The maximum atomic E-state index is 9.96. The van der Waals surface area contributed by atoms with E-state index in [0.717, 1.165) is 11.1 Å². The van der Waals surface area contributed by atoms with Crippen LogP contribution in [-0.4, -0.2) is 5.11 Å². The lowest BCUT2D eigenvalue weighted by atomic mass is 9.90. The van der Waals surface area contributed by atoms with Gasteiger partial charge in [0.05, 0.1) is 0 Å². The van der Waals surface area contributed by atoms with Crippen molar-refractivity contribution in [3.63, 3.8) is 0 Å². The number of hydrogen-bond donors (Lipinski definition) is 1. The summed E-state index contributed by atoms with van der Waals surface area (Å²) in [5.74, 6) is 0. The van der Waals surface area contributed by atoms with Crippen molar-refractivity contribution in [3.8, 4) is 0 Å². The van der Waals surface area contributed by atoms with Gasteiger partial charge in [-0.3, -0.25) is 0 Å². The van der Waals surface area contributed by atoms with E-state index in [1.165, 1.54) is 0 Å². The Hall–Kier alpha value is -1.08. The molecular weight excluding hydrogens is 148 g/mol. The van der Waals surface area contributed by atoms with Crippen LogP contribution in [-0.2, 0) is 5.60 Å². The van der Waals surface area contributed by atoms with Crippen LogP contribution in [0.4, 0.5) is 0 Å². The molecule has 1 nitrogen and oxygen atoms in total. The zero-order valence-electron chi connectivity index (χ0n) is 7.54. The van der Waals surface area contributed by atoms with E-state index in [-0.39, 0.29) is 0 Å². The fraction of sp³-hybridized carbons (Fsp3) is 0.273. The number of aliphatic hydroxyl groups is 1. The highest BCUT2D eigenvalue weighted by atomic mass is 16.3. The summed E-state index contributed by atoms with van der Waals surface area (Å²) in [4.78, 5) is 0. The van der Waals surface area contributed by atoms with E-state index in [4.69, 9.17) is 0 Å². The van der Waals surface area contributed by atoms with E-state index in [9.17, 15) is 5.11 Å². The molecule has 1 aromatic rings. The molecule has 0 fully saturated rings. The molecule has 12 heavy (non-hydrogen) atoms. The van der Waals surface area contributed by atoms with Gasteiger partial charge in [0.25, 0.3) is 0 Å². The summed E-state index contributed by atoms with van der Waals surface area (Å²) in [5.41, 5.74) is 0.743. The molecule has 0 amide bonds.